The van der Waals surface area contributed by atoms with Crippen LogP contribution in [0.3, 0.4) is 0 Å². The molecule has 0 saturated carbocycles. The molecule has 0 amide bonds. The number of benzene rings is 1. The normalized spacial score (nSPS) is 13.9. The topological polar surface area (TPSA) is 35.5 Å². The van der Waals surface area contributed by atoms with Crippen LogP contribution < -0.4 is 4.74 Å². The van der Waals surface area contributed by atoms with Gasteiger partial charge in [-0.3, -0.25) is 4.79 Å². The fraction of sp³-hybridized carbons (Fsp3) is 0.417. The quantitative estimate of drug-likeness (QED) is 0.845. The van der Waals surface area contributed by atoms with Gasteiger partial charge in [-0.05, 0) is 17.9 Å². The van der Waals surface area contributed by atoms with E-state index in [0.29, 0.717) is 29.2 Å². The summed E-state index contributed by atoms with van der Waals surface area (Å²) in [5.41, 5.74) is 1.41. The predicted molar refractivity (Wildman–Crippen MR) is 71.5 cm³/mol. The van der Waals surface area contributed by atoms with Gasteiger partial charge in [0.2, 0.25) is 4.45 Å². The number of halogens is 1. The average Bonchev–Trinajstić information content (AvgIpc) is 2.36. The van der Waals surface area contributed by atoms with Gasteiger partial charge in [0.15, 0.2) is 6.79 Å². The molecule has 6 heteroatoms. The van der Waals surface area contributed by atoms with Crippen molar-refractivity contribution < 1.29 is 18.7 Å². The molecule has 0 unspecified atom stereocenters. The highest BCUT2D eigenvalue weighted by Gasteiger charge is 2.17. The van der Waals surface area contributed by atoms with Crippen molar-refractivity contribution in [3.8, 4) is 5.75 Å². The molecular formula is C12H13FO3S2. The summed E-state index contributed by atoms with van der Waals surface area (Å²) in [6, 6.07) is 2.83. The van der Waals surface area contributed by atoms with Crippen molar-refractivity contribution in [3.63, 3.8) is 0 Å². The van der Waals surface area contributed by atoms with Crippen molar-refractivity contribution >= 4 is 28.0 Å². The largest absolute Gasteiger partial charge is 0.467 e. The number of rotatable bonds is 3. The lowest BCUT2D eigenvalue weighted by atomic mass is 10.1. The standard InChI is InChI=1S/C12H13FO3S2/c1-2-17-12(14)18-6-9-4-10(13)3-8-5-15-7-16-11(8)9/h3-4H,2,5-7H2,1H3. The highest BCUT2D eigenvalue weighted by atomic mass is 32.2. The van der Waals surface area contributed by atoms with Crippen LogP contribution >= 0.6 is 23.5 Å². The van der Waals surface area contributed by atoms with Crippen molar-refractivity contribution in [2.24, 2.45) is 0 Å². The first-order valence-electron chi connectivity index (χ1n) is 5.52. The van der Waals surface area contributed by atoms with E-state index in [1.165, 1.54) is 35.7 Å². The first-order valence-corrected chi connectivity index (χ1v) is 7.49. The number of carbonyl (C=O) groups excluding carboxylic acids is 1. The maximum atomic E-state index is 13.4. The molecule has 98 valence electrons. The molecule has 0 spiro atoms. The molecule has 1 aromatic carbocycles. The van der Waals surface area contributed by atoms with Gasteiger partial charge in [-0.25, -0.2) is 4.39 Å². The number of hydrogen-bond donors (Lipinski definition) is 0. The molecule has 1 aromatic rings. The third-order valence-electron chi connectivity index (χ3n) is 2.36. The van der Waals surface area contributed by atoms with E-state index < -0.39 is 0 Å². The van der Waals surface area contributed by atoms with E-state index in [9.17, 15) is 9.18 Å². The molecule has 18 heavy (non-hydrogen) atoms. The third-order valence-corrected chi connectivity index (χ3v) is 4.28. The van der Waals surface area contributed by atoms with E-state index in [1.807, 2.05) is 6.92 Å². The second-order valence-electron chi connectivity index (χ2n) is 3.64. The fourth-order valence-corrected chi connectivity index (χ4v) is 3.25. The Labute approximate surface area is 113 Å². The van der Waals surface area contributed by atoms with E-state index >= 15 is 0 Å². The molecule has 1 heterocycles. The van der Waals surface area contributed by atoms with Crippen molar-refractivity contribution in [2.45, 2.75) is 19.3 Å². The summed E-state index contributed by atoms with van der Waals surface area (Å²) >= 11 is 2.43. The number of carbonyl (C=O) groups is 1. The van der Waals surface area contributed by atoms with E-state index in [1.54, 1.807) is 0 Å². The van der Waals surface area contributed by atoms with Crippen LogP contribution in [-0.4, -0.2) is 17.0 Å². The van der Waals surface area contributed by atoms with Crippen LogP contribution in [0.4, 0.5) is 9.18 Å². The minimum Gasteiger partial charge on any atom is -0.467 e. The Bertz CT molecular complexity index is 451. The molecule has 0 aliphatic carbocycles. The summed E-state index contributed by atoms with van der Waals surface area (Å²) in [5.74, 6) is 1.50. The molecule has 2 rings (SSSR count). The lowest BCUT2D eigenvalue weighted by Crippen LogP contribution is -2.13. The van der Waals surface area contributed by atoms with Gasteiger partial charge in [0, 0.05) is 16.9 Å². The lowest BCUT2D eigenvalue weighted by molar-refractivity contribution is -0.0171. The van der Waals surface area contributed by atoms with Crippen molar-refractivity contribution in [3.05, 3.63) is 29.1 Å². The second kappa shape index (κ2) is 6.45. The number of ether oxygens (including phenoxy) is 2. The second-order valence-corrected chi connectivity index (χ2v) is 6.08. The monoisotopic (exact) mass is 288 g/mol. The molecule has 0 bridgehead atoms. The van der Waals surface area contributed by atoms with Crippen LogP contribution in [0, 0.1) is 5.82 Å². The van der Waals surface area contributed by atoms with Gasteiger partial charge in [-0.2, -0.15) is 0 Å². The summed E-state index contributed by atoms with van der Waals surface area (Å²) in [5, 5.41) is 0. The van der Waals surface area contributed by atoms with Crippen LogP contribution in [0.25, 0.3) is 0 Å². The summed E-state index contributed by atoms with van der Waals surface area (Å²) in [6.45, 7) is 2.45. The highest BCUT2D eigenvalue weighted by molar-refractivity contribution is 8.38. The lowest BCUT2D eigenvalue weighted by Gasteiger charge is -2.20. The fourth-order valence-electron chi connectivity index (χ4n) is 1.66. The van der Waals surface area contributed by atoms with Crippen molar-refractivity contribution in [1.82, 2.24) is 0 Å². The molecule has 0 atom stereocenters. The zero-order valence-electron chi connectivity index (χ0n) is 9.90. The molecule has 0 aromatic heterocycles. The molecule has 0 saturated heterocycles. The van der Waals surface area contributed by atoms with Gasteiger partial charge in [0.05, 0.1) is 6.61 Å². The Kier molecular flexibility index (Phi) is 4.91. The Morgan fingerprint density at radius 3 is 3.06 bits per heavy atom. The van der Waals surface area contributed by atoms with Crippen LogP contribution in [0.15, 0.2) is 12.1 Å². The van der Waals surface area contributed by atoms with Gasteiger partial charge in [0.1, 0.15) is 11.6 Å². The predicted octanol–water partition coefficient (Wildman–Crippen LogP) is 3.80. The number of hydrogen-bond acceptors (Lipinski definition) is 5. The summed E-state index contributed by atoms with van der Waals surface area (Å²) in [7, 11) is 0. The highest BCUT2D eigenvalue weighted by Crippen LogP contribution is 2.33. The van der Waals surface area contributed by atoms with Gasteiger partial charge >= 0.3 is 0 Å². The van der Waals surface area contributed by atoms with Crippen molar-refractivity contribution in [1.29, 1.82) is 0 Å². The molecule has 0 radical (unpaired) electrons. The molecule has 1 aliphatic rings. The van der Waals surface area contributed by atoms with Crippen LogP contribution in [-0.2, 0) is 17.1 Å². The summed E-state index contributed by atoms with van der Waals surface area (Å²) < 4.78 is 23.9. The zero-order chi connectivity index (χ0) is 13.0. The molecule has 3 nitrogen and oxygen atoms in total. The Balaban J connectivity index is 2.12. The Morgan fingerprint density at radius 2 is 2.28 bits per heavy atom. The van der Waals surface area contributed by atoms with Crippen LogP contribution in [0.5, 0.6) is 5.75 Å². The van der Waals surface area contributed by atoms with Gasteiger partial charge in [-0.1, -0.05) is 30.4 Å². The first kappa shape index (κ1) is 13.7. The Morgan fingerprint density at radius 1 is 1.44 bits per heavy atom. The molecular weight excluding hydrogens is 275 g/mol. The maximum Gasteiger partial charge on any atom is 0.246 e. The third kappa shape index (κ3) is 3.40. The van der Waals surface area contributed by atoms with Crippen LogP contribution in [0.2, 0.25) is 0 Å². The zero-order valence-corrected chi connectivity index (χ0v) is 11.5. The number of thioether (sulfide) groups is 2. The van der Waals surface area contributed by atoms with Crippen molar-refractivity contribution in [2.75, 3.05) is 12.5 Å². The summed E-state index contributed by atoms with van der Waals surface area (Å²) in [4.78, 5) is 11.4. The smallest absolute Gasteiger partial charge is 0.246 e. The van der Waals surface area contributed by atoms with Gasteiger partial charge in [0.25, 0.3) is 0 Å². The first-order chi connectivity index (χ1) is 8.70. The molecule has 0 N–H and O–H groups in total. The van der Waals surface area contributed by atoms with Gasteiger partial charge in [-0.15, -0.1) is 0 Å². The van der Waals surface area contributed by atoms with Gasteiger partial charge < -0.3 is 9.47 Å². The van der Waals surface area contributed by atoms with Crippen LogP contribution in [0.1, 0.15) is 18.1 Å². The van der Waals surface area contributed by atoms with E-state index in [4.69, 9.17) is 9.47 Å². The number of fused-ring (bicyclic) bond motifs is 1. The Hall–Kier alpha value is -0.720. The average molecular weight is 288 g/mol. The summed E-state index contributed by atoms with van der Waals surface area (Å²) in [6.07, 6.45) is 0. The van der Waals surface area contributed by atoms with E-state index in [2.05, 4.69) is 0 Å². The van der Waals surface area contributed by atoms with E-state index in [-0.39, 0.29) is 17.1 Å². The van der Waals surface area contributed by atoms with E-state index in [0.717, 1.165) is 5.75 Å². The maximum absolute atomic E-state index is 13.4. The molecule has 0 fully saturated rings. The minimum absolute atomic E-state index is 0.0440. The molecule has 1 aliphatic heterocycles. The minimum atomic E-state index is -0.325. The SMILES string of the molecule is CCSC(=O)SCc1cc(F)cc2c1OCOC2.